The molecule has 0 spiro atoms. The maximum atomic E-state index is 12.0. The number of rotatable bonds is 7. The number of hydrogen-bond donors (Lipinski definition) is 0. The van der Waals surface area contributed by atoms with Crippen LogP contribution in [0.3, 0.4) is 0 Å². The molecule has 0 N–H and O–H groups in total. The minimum Gasteiger partial charge on any atom is -0.493 e. The minimum atomic E-state index is -0.615. The molecule has 2 aromatic carbocycles. The summed E-state index contributed by atoms with van der Waals surface area (Å²) in [5.74, 6) is 0.187. The largest absolute Gasteiger partial charge is 0.493 e. The standard InChI is InChI=1S/C19H17BrO5/c1-23-17-5-3-4-14(19(17)24-2)8-11-18(22)25-12-16(21)13-6-9-15(20)10-7-13/h3-11H,12H2,1-2H3. The van der Waals surface area contributed by atoms with E-state index >= 15 is 0 Å². The van der Waals surface area contributed by atoms with E-state index in [1.54, 1.807) is 48.5 Å². The van der Waals surface area contributed by atoms with Crippen LogP contribution in [0.4, 0.5) is 0 Å². The third-order valence-electron chi connectivity index (χ3n) is 3.34. The van der Waals surface area contributed by atoms with Crippen molar-refractivity contribution in [2.75, 3.05) is 20.8 Å². The number of ether oxygens (including phenoxy) is 3. The molecule has 0 aliphatic carbocycles. The molecular weight excluding hydrogens is 388 g/mol. The van der Waals surface area contributed by atoms with Crippen molar-refractivity contribution in [2.24, 2.45) is 0 Å². The molecular formula is C19H17BrO5. The average Bonchev–Trinajstić information content (AvgIpc) is 2.64. The molecule has 0 radical (unpaired) electrons. The average molecular weight is 405 g/mol. The Morgan fingerprint density at radius 2 is 1.76 bits per heavy atom. The van der Waals surface area contributed by atoms with E-state index < -0.39 is 5.97 Å². The fourth-order valence-corrected chi connectivity index (χ4v) is 2.37. The molecule has 0 aliphatic rings. The van der Waals surface area contributed by atoms with Gasteiger partial charge in [0.15, 0.2) is 23.9 Å². The number of benzene rings is 2. The van der Waals surface area contributed by atoms with Crippen molar-refractivity contribution in [3.63, 3.8) is 0 Å². The summed E-state index contributed by atoms with van der Waals surface area (Å²) in [4.78, 5) is 23.8. The number of para-hydroxylation sites is 1. The molecule has 0 saturated heterocycles. The molecule has 6 heteroatoms. The number of carbonyl (C=O) groups excluding carboxylic acids is 2. The van der Waals surface area contributed by atoms with Crippen LogP contribution in [-0.2, 0) is 9.53 Å². The molecule has 0 fully saturated rings. The Morgan fingerprint density at radius 3 is 2.40 bits per heavy atom. The van der Waals surface area contributed by atoms with Gasteiger partial charge in [-0.1, -0.05) is 40.2 Å². The summed E-state index contributed by atoms with van der Waals surface area (Å²) in [5.41, 5.74) is 1.15. The zero-order chi connectivity index (χ0) is 18.2. The van der Waals surface area contributed by atoms with E-state index in [0.29, 0.717) is 22.6 Å². The third-order valence-corrected chi connectivity index (χ3v) is 3.87. The molecule has 0 heterocycles. The number of halogens is 1. The lowest BCUT2D eigenvalue weighted by molar-refractivity contribution is -0.136. The normalized spacial score (nSPS) is 10.5. The summed E-state index contributed by atoms with van der Waals surface area (Å²) in [7, 11) is 3.05. The van der Waals surface area contributed by atoms with Crippen LogP contribution in [0, 0.1) is 0 Å². The van der Waals surface area contributed by atoms with Crippen LogP contribution in [0.5, 0.6) is 11.5 Å². The number of Topliss-reactive ketones (excluding diaryl/α,β-unsaturated/α-hetero) is 1. The molecule has 0 aromatic heterocycles. The van der Waals surface area contributed by atoms with E-state index in [1.165, 1.54) is 20.3 Å². The molecule has 2 aromatic rings. The second kappa shape index (κ2) is 9.03. The molecule has 130 valence electrons. The van der Waals surface area contributed by atoms with Crippen molar-refractivity contribution in [1.29, 1.82) is 0 Å². The van der Waals surface area contributed by atoms with Crippen LogP contribution in [-0.4, -0.2) is 32.6 Å². The van der Waals surface area contributed by atoms with Crippen molar-refractivity contribution in [1.82, 2.24) is 0 Å². The van der Waals surface area contributed by atoms with Gasteiger partial charge in [-0.05, 0) is 24.3 Å². The molecule has 0 unspecified atom stereocenters. The SMILES string of the molecule is COc1cccc(C=CC(=O)OCC(=O)c2ccc(Br)cc2)c1OC. The van der Waals surface area contributed by atoms with Crippen LogP contribution in [0.25, 0.3) is 6.08 Å². The first-order chi connectivity index (χ1) is 12.0. The van der Waals surface area contributed by atoms with Crippen LogP contribution in [0.15, 0.2) is 53.0 Å². The number of methoxy groups -OCH3 is 2. The number of hydrogen-bond acceptors (Lipinski definition) is 5. The Balaban J connectivity index is 1.97. The van der Waals surface area contributed by atoms with Gasteiger partial charge in [-0.2, -0.15) is 0 Å². The maximum absolute atomic E-state index is 12.0. The molecule has 25 heavy (non-hydrogen) atoms. The van der Waals surface area contributed by atoms with Gasteiger partial charge in [0.05, 0.1) is 14.2 Å². The lowest BCUT2D eigenvalue weighted by atomic mass is 10.1. The summed E-state index contributed by atoms with van der Waals surface area (Å²) in [6.07, 6.45) is 2.79. The highest BCUT2D eigenvalue weighted by Gasteiger charge is 2.10. The molecule has 5 nitrogen and oxygen atoms in total. The van der Waals surface area contributed by atoms with Crippen LogP contribution < -0.4 is 9.47 Å². The first-order valence-corrected chi connectivity index (χ1v) is 8.19. The quantitative estimate of drug-likeness (QED) is 0.397. The smallest absolute Gasteiger partial charge is 0.331 e. The van der Waals surface area contributed by atoms with Crippen molar-refractivity contribution in [3.05, 3.63) is 64.1 Å². The maximum Gasteiger partial charge on any atom is 0.331 e. The van der Waals surface area contributed by atoms with E-state index in [4.69, 9.17) is 14.2 Å². The van der Waals surface area contributed by atoms with Gasteiger partial charge in [-0.3, -0.25) is 4.79 Å². The van der Waals surface area contributed by atoms with E-state index in [0.717, 1.165) is 4.47 Å². The zero-order valence-electron chi connectivity index (χ0n) is 13.8. The summed E-state index contributed by atoms with van der Waals surface area (Å²) in [6, 6.07) is 12.1. The highest BCUT2D eigenvalue weighted by atomic mass is 79.9. The van der Waals surface area contributed by atoms with Crippen molar-refractivity contribution in [2.45, 2.75) is 0 Å². The van der Waals surface area contributed by atoms with Gasteiger partial charge in [-0.15, -0.1) is 0 Å². The van der Waals surface area contributed by atoms with E-state index in [-0.39, 0.29) is 12.4 Å². The summed E-state index contributed by atoms with van der Waals surface area (Å²) >= 11 is 3.30. The number of ketones is 1. The molecule has 2 rings (SSSR count). The topological polar surface area (TPSA) is 61.8 Å². The fraction of sp³-hybridized carbons (Fsp3) is 0.158. The van der Waals surface area contributed by atoms with Gasteiger partial charge in [0.25, 0.3) is 0 Å². The second-order valence-electron chi connectivity index (χ2n) is 4.95. The lowest BCUT2D eigenvalue weighted by Crippen LogP contribution is -2.12. The first-order valence-electron chi connectivity index (χ1n) is 7.39. The highest BCUT2D eigenvalue weighted by molar-refractivity contribution is 9.10. The highest BCUT2D eigenvalue weighted by Crippen LogP contribution is 2.31. The van der Waals surface area contributed by atoms with E-state index in [9.17, 15) is 9.59 Å². The Labute approximate surface area is 154 Å². The van der Waals surface area contributed by atoms with Crippen molar-refractivity contribution < 1.29 is 23.8 Å². The van der Waals surface area contributed by atoms with E-state index in [1.807, 2.05) is 0 Å². The summed E-state index contributed by atoms with van der Waals surface area (Å²) in [5, 5.41) is 0. The van der Waals surface area contributed by atoms with Crippen LogP contribution in [0.2, 0.25) is 0 Å². The van der Waals surface area contributed by atoms with Crippen LogP contribution in [0.1, 0.15) is 15.9 Å². The van der Waals surface area contributed by atoms with Gasteiger partial charge in [0.1, 0.15) is 0 Å². The van der Waals surface area contributed by atoms with Crippen molar-refractivity contribution in [3.8, 4) is 11.5 Å². The van der Waals surface area contributed by atoms with Gasteiger partial charge in [0, 0.05) is 21.7 Å². The lowest BCUT2D eigenvalue weighted by Gasteiger charge is -2.09. The van der Waals surface area contributed by atoms with Gasteiger partial charge < -0.3 is 14.2 Å². The predicted octanol–water partition coefficient (Wildman–Crippen LogP) is 3.91. The molecule has 0 amide bonds. The summed E-state index contributed by atoms with van der Waals surface area (Å²) in [6.45, 7) is -0.319. The monoisotopic (exact) mass is 404 g/mol. The predicted molar refractivity (Wildman–Crippen MR) is 98.0 cm³/mol. The minimum absolute atomic E-state index is 0.270. The molecule has 0 aliphatic heterocycles. The third kappa shape index (κ3) is 5.19. The summed E-state index contributed by atoms with van der Waals surface area (Å²) < 4.78 is 16.3. The van der Waals surface area contributed by atoms with Gasteiger partial charge >= 0.3 is 5.97 Å². The zero-order valence-corrected chi connectivity index (χ0v) is 15.4. The number of esters is 1. The van der Waals surface area contributed by atoms with Gasteiger partial charge in [0.2, 0.25) is 0 Å². The Kier molecular flexibility index (Phi) is 6.77. The van der Waals surface area contributed by atoms with Gasteiger partial charge in [-0.25, -0.2) is 4.79 Å². The van der Waals surface area contributed by atoms with Crippen LogP contribution >= 0.6 is 15.9 Å². The molecule has 0 bridgehead atoms. The Morgan fingerprint density at radius 1 is 1.04 bits per heavy atom. The number of carbonyl (C=O) groups is 2. The molecule has 0 atom stereocenters. The Bertz CT molecular complexity index is 781. The van der Waals surface area contributed by atoms with Crippen molar-refractivity contribution >= 4 is 33.8 Å². The van der Waals surface area contributed by atoms with E-state index in [2.05, 4.69) is 15.9 Å². The fourth-order valence-electron chi connectivity index (χ4n) is 2.10. The second-order valence-corrected chi connectivity index (χ2v) is 5.87. The first kappa shape index (κ1) is 18.7. The Hall–Kier alpha value is -2.60. The molecule has 0 saturated carbocycles.